The van der Waals surface area contributed by atoms with Gasteiger partial charge in [-0.3, -0.25) is 0 Å². The van der Waals surface area contributed by atoms with Gasteiger partial charge in [-0.2, -0.15) is 0 Å². The van der Waals surface area contributed by atoms with E-state index in [9.17, 15) is 0 Å². The monoisotopic (exact) mass is 327 g/mol. The van der Waals surface area contributed by atoms with Crippen LogP contribution < -0.4 is 5.32 Å². The molecule has 0 aliphatic heterocycles. The molecule has 1 N–H and O–H groups in total. The van der Waals surface area contributed by atoms with Gasteiger partial charge >= 0.3 is 0 Å². The molecule has 0 saturated carbocycles. The third-order valence-corrected chi connectivity index (χ3v) is 3.90. The minimum atomic E-state index is 0.309. The fourth-order valence-electron chi connectivity index (χ4n) is 2.55. The second-order valence-electron chi connectivity index (χ2n) is 5.54. The van der Waals surface area contributed by atoms with E-state index in [1.54, 1.807) is 7.11 Å². The average Bonchev–Trinajstić information content (AvgIpc) is 2.35. The van der Waals surface area contributed by atoms with E-state index in [0.29, 0.717) is 5.41 Å². The molecule has 0 aliphatic carbocycles. The van der Waals surface area contributed by atoms with Crippen LogP contribution in [0.5, 0.6) is 0 Å². The second-order valence-corrected chi connectivity index (χ2v) is 6.45. The Balaban J connectivity index is 2.59. The summed E-state index contributed by atoms with van der Waals surface area (Å²) in [5, 5.41) is 3.51. The second kappa shape index (κ2) is 8.72. The lowest BCUT2D eigenvalue weighted by molar-refractivity contribution is 0.190. The first-order valence-corrected chi connectivity index (χ1v) is 7.83. The van der Waals surface area contributed by atoms with Crippen LogP contribution in [-0.4, -0.2) is 26.8 Å². The maximum Gasteiger partial charge on any atom is 0.0587 e. The van der Waals surface area contributed by atoms with Crippen LogP contribution in [0.15, 0.2) is 28.7 Å². The van der Waals surface area contributed by atoms with Crippen molar-refractivity contribution in [3.8, 4) is 0 Å². The number of rotatable bonds is 9. The maximum atomic E-state index is 5.08. The molecule has 0 aromatic heterocycles. The van der Waals surface area contributed by atoms with Gasteiger partial charge in [-0.25, -0.2) is 0 Å². The molecule has 1 atom stereocenters. The van der Waals surface area contributed by atoms with E-state index in [0.717, 1.165) is 30.6 Å². The first-order valence-electron chi connectivity index (χ1n) is 7.04. The molecule has 108 valence electrons. The highest BCUT2D eigenvalue weighted by Gasteiger charge is 2.23. The van der Waals surface area contributed by atoms with Crippen LogP contribution in [0.2, 0.25) is 0 Å². The van der Waals surface area contributed by atoms with Crippen LogP contribution in [0.3, 0.4) is 0 Å². The van der Waals surface area contributed by atoms with E-state index in [1.807, 2.05) is 0 Å². The minimum Gasteiger partial charge on any atom is -0.383 e. The summed E-state index contributed by atoms with van der Waals surface area (Å²) in [5.74, 6) is 0. The van der Waals surface area contributed by atoms with Crippen molar-refractivity contribution in [2.45, 2.75) is 33.1 Å². The van der Waals surface area contributed by atoms with Gasteiger partial charge in [-0.1, -0.05) is 48.3 Å². The predicted octanol–water partition coefficient (Wildman–Crippen LogP) is 4.03. The SMILES string of the molecule is CCCC(C)(CNCCOC)Cc1cccc(Br)c1. The van der Waals surface area contributed by atoms with Gasteiger partial charge in [0.2, 0.25) is 0 Å². The normalized spacial score (nSPS) is 14.3. The summed E-state index contributed by atoms with van der Waals surface area (Å²) in [6.07, 6.45) is 3.57. The van der Waals surface area contributed by atoms with Gasteiger partial charge < -0.3 is 10.1 Å². The fourth-order valence-corrected chi connectivity index (χ4v) is 2.99. The van der Waals surface area contributed by atoms with Gasteiger partial charge in [0.1, 0.15) is 0 Å². The molecule has 0 radical (unpaired) electrons. The number of hydrogen-bond donors (Lipinski definition) is 1. The minimum absolute atomic E-state index is 0.309. The van der Waals surface area contributed by atoms with E-state index in [1.165, 1.54) is 18.4 Å². The number of benzene rings is 1. The first kappa shape index (κ1) is 16.7. The number of halogens is 1. The highest BCUT2D eigenvalue weighted by Crippen LogP contribution is 2.28. The van der Waals surface area contributed by atoms with Crippen molar-refractivity contribution >= 4 is 15.9 Å². The molecule has 1 aromatic rings. The van der Waals surface area contributed by atoms with Crippen molar-refractivity contribution in [1.29, 1.82) is 0 Å². The molecule has 0 amide bonds. The zero-order chi connectivity index (χ0) is 14.1. The summed E-state index contributed by atoms with van der Waals surface area (Å²) >= 11 is 3.55. The molecule has 1 rings (SSSR count). The molecule has 2 nitrogen and oxygen atoms in total. The molecule has 0 heterocycles. The fraction of sp³-hybridized carbons (Fsp3) is 0.625. The zero-order valence-electron chi connectivity index (χ0n) is 12.3. The van der Waals surface area contributed by atoms with Crippen molar-refractivity contribution in [3.05, 3.63) is 34.3 Å². The van der Waals surface area contributed by atoms with Gasteiger partial charge in [0.15, 0.2) is 0 Å². The summed E-state index contributed by atoms with van der Waals surface area (Å²) < 4.78 is 6.24. The van der Waals surface area contributed by atoms with Crippen molar-refractivity contribution < 1.29 is 4.74 Å². The Morgan fingerprint density at radius 2 is 2.16 bits per heavy atom. The summed E-state index contributed by atoms with van der Waals surface area (Å²) in [6, 6.07) is 8.64. The number of hydrogen-bond acceptors (Lipinski definition) is 2. The summed E-state index contributed by atoms with van der Waals surface area (Å²) in [6.45, 7) is 7.37. The van der Waals surface area contributed by atoms with Crippen LogP contribution in [0, 0.1) is 5.41 Å². The maximum absolute atomic E-state index is 5.08. The van der Waals surface area contributed by atoms with Gasteiger partial charge in [0, 0.05) is 24.7 Å². The van der Waals surface area contributed by atoms with E-state index < -0.39 is 0 Å². The predicted molar refractivity (Wildman–Crippen MR) is 85.6 cm³/mol. The third-order valence-electron chi connectivity index (χ3n) is 3.41. The Hall–Kier alpha value is -0.380. The van der Waals surface area contributed by atoms with Crippen LogP contribution in [0.4, 0.5) is 0 Å². The lowest BCUT2D eigenvalue weighted by Gasteiger charge is -2.30. The van der Waals surface area contributed by atoms with Crippen LogP contribution in [-0.2, 0) is 11.2 Å². The van der Waals surface area contributed by atoms with Gasteiger partial charge in [0.05, 0.1) is 6.61 Å². The van der Waals surface area contributed by atoms with Gasteiger partial charge in [-0.15, -0.1) is 0 Å². The lowest BCUT2D eigenvalue weighted by Crippen LogP contribution is -2.35. The van der Waals surface area contributed by atoms with Gasteiger partial charge in [-0.05, 0) is 36.0 Å². The molecular formula is C16H26BrNO. The van der Waals surface area contributed by atoms with Crippen molar-refractivity contribution in [2.24, 2.45) is 5.41 Å². The molecule has 3 heteroatoms. The lowest BCUT2D eigenvalue weighted by atomic mass is 9.79. The summed E-state index contributed by atoms with van der Waals surface area (Å²) in [5.41, 5.74) is 1.71. The van der Waals surface area contributed by atoms with Crippen LogP contribution >= 0.6 is 15.9 Å². The molecule has 1 unspecified atom stereocenters. The van der Waals surface area contributed by atoms with E-state index in [-0.39, 0.29) is 0 Å². The zero-order valence-corrected chi connectivity index (χ0v) is 13.9. The molecule has 0 fully saturated rings. The van der Waals surface area contributed by atoms with Gasteiger partial charge in [0.25, 0.3) is 0 Å². The quantitative estimate of drug-likeness (QED) is 0.691. The highest BCUT2D eigenvalue weighted by atomic mass is 79.9. The van der Waals surface area contributed by atoms with Crippen molar-refractivity contribution in [1.82, 2.24) is 5.32 Å². The Labute approximate surface area is 126 Å². The smallest absolute Gasteiger partial charge is 0.0587 e. The van der Waals surface area contributed by atoms with Crippen molar-refractivity contribution in [3.63, 3.8) is 0 Å². The Kier molecular flexibility index (Phi) is 7.66. The number of methoxy groups -OCH3 is 1. The number of nitrogens with one attached hydrogen (secondary N) is 1. The first-order chi connectivity index (χ1) is 9.09. The largest absolute Gasteiger partial charge is 0.383 e. The standard InChI is InChI=1S/C16H26BrNO/c1-4-8-16(2,13-18-9-10-19-3)12-14-6-5-7-15(17)11-14/h5-7,11,18H,4,8-10,12-13H2,1-3H3. The highest BCUT2D eigenvalue weighted by molar-refractivity contribution is 9.10. The van der Waals surface area contributed by atoms with E-state index >= 15 is 0 Å². The number of ether oxygens (including phenoxy) is 1. The van der Waals surface area contributed by atoms with E-state index in [4.69, 9.17) is 4.74 Å². The van der Waals surface area contributed by atoms with Crippen molar-refractivity contribution in [2.75, 3.05) is 26.8 Å². The van der Waals surface area contributed by atoms with Crippen LogP contribution in [0.25, 0.3) is 0 Å². The van der Waals surface area contributed by atoms with Crippen LogP contribution in [0.1, 0.15) is 32.3 Å². The Bertz CT molecular complexity index is 370. The molecule has 0 spiro atoms. The average molecular weight is 328 g/mol. The summed E-state index contributed by atoms with van der Waals surface area (Å²) in [7, 11) is 1.74. The van der Waals surface area contributed by atoms with E-state index in [2.05, 4.69) is 59.4 Å². The topological polar surface area (TPSA) is 21.3 Å². The Morgan fingerprint density at radius 1 is 1.37 bits per heavy atom. The molecule has 19 heavy (non-hydrogen) atoms. The molecular weight excluding hydrogens is 302 g/mol. The molecule has 0 saturated heterocycles. The Morgan fingerprint density at radius 3 is 2.79 bits per heavy atom. The summed E-state index contributed by atoms with van der Waals surface area (Å²) in [4.78, 5) is 0. The molecule has 0 bridgehead atoms. The third kappa shape index (κ3) is 6.55. The molecule has 1 aromatic carbocycles. The molecule has 0 aliphatic rings.